The lowest BCUT2D eigenvalue weighted by atomic mass is 10.2. The van der Waals surface area contributed by atoms with Crippen molar-refractivity contribution in [3.05, 3.63) is 59.2 Å². The monoisotopic (exact) mass is 446 g/mol. The van der Waals surface area contributed by atoms with Crippen LogP contribution in [0.5, 0.6) is 0 Å². The summed E-state index contributed by atoms with van der Waals surface area (Å²) in [4.78, 5) is 7.42. The lowest BCUT2D eigenvalue weighted by Gasteiger charge is -2.18. The summed E-state index contributed by atoms with van der Waals surface area (Å²) in [6.07, 6.45) is 2.15. The highest BCUT2D eigenvalue weighted by molar-refractivity contribution is 9.10. The fourth-order valence-electron chi connectivity index (χ4n) is 3.50. The Morgan fingerprint density at radius 2 is 1.63 bits per heavy atom. The minimum absolute atomic E-state index is 0. The van der Waals surface area contributed by atoms with Gasteiger partial charge in [0.25, 0.3) is 0 Å². The standard InChI is InChI=1S/C21H23BrN4.ClH/c1-3-24(4-2)13-14-25-19-7-5-6-8-20(19)26-15-18(23-21(25)26)16-9-11-17(22)12-10-16;/h5-12,15H,3-4,13-14H2,1-2H3;1H. The van der Waals surface area contributed by atoms with Gasteiger partial charge in [0.2, 0.25) is 5.78 Å². The Hall–Kier alpha value is -1.82. The highest BCUT2D eigenvalue weighted by Crippen LogP contribution is 2.26. The van der Waals surface area contributed by atoms with Gasteiger partial charge < -0.3 is 9.47 Å². The lowest BCUT2D eigenvalue weighted by Crippen LogP contribution is -2.27. The molecule has 0 amide bonds. The minimum atomic E-state index is 0. The number of fused-ring (bicyclic) bond motifs is 3. The third kappa shape index (κ3) is 3.77. The van der Waals surface area contributed by atoms with Gasteiger partial charge in [-0.3, -0.25) is 4.40 Å². The molecule has 6 heteroatoms. The van der Waals surface area contributed by atoms with Gasteiger partial charge in [-0.15, -0.1) is 12.4 Å². The number of likely N-dealkylation sites (N-methyl/N-ethyl adjacent to an activating group) is 1. The fraction of sp³-hybridized carbons (Fsp3) is 0.286. The maximum atomic E-state index is 4.97. The van der Waals surface area contributed by atoms with Crippen molar-refractivity contribution in [3.63, 3.8) is 0 Å². The highest BCUT2D eigenvalue weighted by Gasteiger charge is 2.15. The normalized spacial score (nSPS) is 11.4. The summed E-state index contributed by atoms with van der Waals surface area (Å²) < 4.78 is 5.64. The van der Waals surface area contributed by atoms with Crippen LogP contribution in [0.3, 0.4) is 0 Å². The molecule has 0 aliphatic heterocycles. The molecule has 4 aromatic rings. The largest absolute Gasteiger partial charge is 0.308 e. The van der Waals surface area contributed by atoms with Gasteiger partial charge in [-0.25, -0.2) is 4.98 Å². The molecule has 0 unspecified atom stereocenters. The van der Waals surface area contributed by atoms with Crippen molar-refractivity contribution < 1.29 is 0 Å². The van der Waals surface area contributed by atoms with Crippen molar-refractivity contribution in [1.82, 2.24) is 18.9 Å². The van der Waals surface area contributed by atoms with Crippen molar-refractivity contribution in [2.24, 2.45) is 0 Å². The molecular weight excluding hydrogens is 424 g/mol. The molecule has 2 heterocycles. The Bertz CT molecular complexity index is 1030. The van der Waals surface area contributed by atoms with E-state index in [2.05, 4.69) is 98.4 Å². The van der Waals surface area contributed by atoms with E-state index in [9.17, 15) is 0 Å². The smallest absolute Gasteiger partial charge is 0.215 e. The van der Waals surface area contributed by atoms with Gasteiger partial charge in [0.1, 0.15) is 0 Å². The van der Waals surface area contributed by atoms with Gasteiger partial charge in [0, 0.05) is 29.3 Å². The highest BCUT2D eigenvalue weighted by atomic mass is 79.9. The van der Waals surface area contributed by atoms with Crippen LogP contribution < -0.4 is 0 Å². The molecule has 0 saturated heterocycles. The number of benzene rings is 2. The molecule has 0 N–H and O–H groups in total. The molecule has 2 aromatic heterocycles. The second kappa shape index (κ2) is 8.46. The van der Waals surface area contributed by atoms with Crippen molar-refractivity contribution in [2.45, 2.75) is 20.4 Å². The first-order valence-electron chi connectivity index (χ1n) is 9.16. The van der Waals surface area contributed by atoms with Gasteiger partial charge in [-0.05, 0) is 37.4 Å². The fourth-order valence-corrected chi connectivity index (χ4v) is 3.77. The van der Waals surface area contributed by atoms with E-state index in [1.807, 2.05) is 0 Å². The summed E-state index contributed by atoms with van der Waals surface area (Å²) in [6, 6.07) is 16.9. The second-order valence-electron chi connectivity index (χ2n) is 6.47. The number of nitrogens with zero attached hydrogens (tertiary/aromatic N) is 4. The minimum Gasteiger partial charge on any atom is -0.308 e. The number of imidazole rings is 2. The average Bonchev–Trinajstić information content (AvgIpc) is 3.22. The second-order valence-corrected chi connectivity index (χ2v) is 7.39. The van der Waals surface area contributed by atoms with Crippen LogP contribution in [-0.2, 0) is 6.54 Å². The SMILES string of the molecule is CCN(CC)CCn1c2ccccc2n2cc(-c3ccc(Br)cc3)nc12.Cl. The number of rotatable bonds is 6. The van der Waals surface area contributed by atoms with Crippen LogP contribution in [0, 0.1) is 0 Å². The summed E-state index contributed by atoms with van der Waals surface area (Å²) in [6.45, 7) is 8.55. The van der Waals surface area contributed by atoms with Crippen molar-refractivity contribution in [1.29, 1.82) is 0 Å². The van der Waals surface area contributed by atoms with Crippen molar-refractivity contribution in [2.75, 3.05) is 19.6 Å². The Kier molecular flexibility index (Phi) is 6.25. The molecule has 0 atom stereocenters. The van der Waals surface area contributed by atoms with E-state index in [4.69, 9.17) is 4.98 Å². The topological polar surface area (TPSA) is 25.5 Å². The molecule has 0 bridgehead atoms. The Morgan fingerprint density at radius 1 is 0.963 bits per heavy atom. The zero-order valence-corrected chi connectivity index (χ0v) is 18.0. The summed E-state index contributed by atoms with van der Waals surface area (Å²) in [7, 11) is 0. The van der Waals surface area contributed by atoms with Gasteiger partial charge in [0.05, 0.1) is 16.7 Å². The van der Waals surface area contributed by atoms with Crippen LogP contribution in [0.25, 0.3) is 28.1 Å². The molecule has 0 aliphatic rings. The van der Waals surface area contributed by atoms with E-state index < -0.39 is 0 Å². The van der Waals surface area contributed by atoms with Gasteiger partial charge >= 0.3 is 0 Å². The Labute approximate surface area is 174 Å². The Morgan fingerprint density at radius 3 is 2.30 bits per heavy atom. The first-order chi connectivity index (χ1) is 12.7. The van der Waals surface area contributed by atoms with E-state index in [1.165, 1.54) is 11.0 Å². The van der Waals surface area contributed by atoms with E-state index in [1.54, 1.807) is 0 Å². The number of hydrogen-bond acceptors (Lipinski definition) is 2. The quantitative estimate of drug-likeness (QED) is 0.391. The summed E-state index contributed by atoms with van der Waals surface area (Å²) in [5.74, 6) is 1.01. The van der Waals surface area contributed by atoms with Gasteiger partial charge in [0.15, 0.2) is 0 Å². The number of aromatic nitrogens is 3. The number of halogens is 2. The molecular formula is C21H24BrClN4. The molecule has 4 nitrogen and oxygen atoms in total. The van der Waals surface area contributed by atoms with Gasteiger partial charge in [-0.2, -0.15) is 0 Å². The predicted molar refractivity (Wildman–Crippen MR) is 119 cm³/mol. The lowest BCUT2D eigenvalue weighted by molar-refractivity contribution is 0.293. The van der Waals surface area contributed by atoms with Crippen molar-refractivity contribution >= 4 is 45.1 Å². The number of hydrogen-bond donors (Lipinski definition) is 0. The van der Waals surface area contributed by atoms with Crippen LogP contribution in [0.2, 0.25) is 0 Å². The molecule has 4 rings (SSSR count). The number of para-hydroxylation sites is 2. The first kappa shape index (κ1) is 19.9. The third-order valence-corrected chi connectivity index (χ3v) is 5.56. The maximum Gasteiger partial charge on any atom is 0.215 e. The third-order valence-electron chi connectivity index (χ3n) is 5.04. The van der Waals surface area contributed by atoms with Crippen LogP contribution in [0.15, 0.2) is 59.2 Å². The molecule has 0 spiro atoms. The first-order valence-corrected chi connectivity index (χ1v) is 9.95. The van der Waals surface area contributed by atoms with Crippen LogP contribution in [-0.4, -0.2) is 38.5 Å². The summed E-state index contributed by atoms with van der Waals surface area (Å²) in [5.41, 5.74) is 4.59. The molecule has 0 aliphatic carbocycles. The zero-order valence-electron chi connectivity index (χ0n) is 15.6. The predicted octanol–water partition coefficient (Wildman–Crippen LogP) is 5.48. The zero-order chi connectivity index (χ0) is 18.1. The van der Waals surface area contributed by atoms with Crippen molar-refractivity contribution in [3.8, 4) is 11.3 Å². The molecule has 142 valence electrons. The molecule has 27 heavy (non-hydrogen) atoms. The maximum absolute atomic E-state index is 4.97. The molecule has 0 saturated carbocycles. The molecule has 2 aromatic carbocycles. The van der Waals surface area contributed by atoms with Gasteiger partial charge in [-0.1, -0.05) is 54.0 Å². The van der Waals surface area contributed by atoms with Crippen LogP contribution in [0.4, 0.5) is 0 Å². The Balaban J connectivity index is 0.00000210. The van der Waals surface area contributed by atoms with E-state index in [-0.39, 0.29) is 12.4 Å². The molecule has 0 fully saturated rings. The summed E-state index contributed by atoms with van der Waals surface area (Å²) in [5, 5.41) is 0. The van der Waals surface area contributed by atoms with Crippen LogP contribution in [0.1, 0.15) is 13.8 Å². The van der Waals surface area contributed by atoms with E-state index in [0.717, 1.165) is 47.7 Å². The average molecular weight is 448 g/mol. The summed E-state index contributed by atoms with van der Waals surface area (Å²) >= 11 is 3.50. The molecule has 0 radical (unpaired) electrons. The van der Waals surface area contributed by atoms with E-state index in [0.29, 0.717) is 0 Å². The van der Waals surface area contributed by atoms with Crippen LogP contribution >= 0.6 is 28.3 Å². The van der Waals surface area contributed by atoms with E-state index >= 15 is 0 Å².